The van der Waals surface area contributed by atoms with Crippen molar-refractivity contribution in [2.45, 2.75) is 18.9 Å². The number of aromatic nitrogens is 3. The summed E-state index contributed by atoms with van der Waals surface area (Å²) < 4.78 is 7.59. The van der Waals surface area contributed by atoms with Gasteiger partial charge in [-0.2, -0.15) is 5.10 Å². The lowest BCUT2D eigenvalue weighted by Crippen LogP contribution is -2.38. The Morgan fingerprint density at radius 1 is 1.44 bits per heavy atom. The van der Waals surface area contributed by atoms with Crippen molar-refractivity contribution in [2.75, 3.05) is 6.54 Å². The molecule has 2 N–H and O–H groups in total. The van der Waals surface area contributed by atoms with E-state index >= 15 is 0 Å². The molecular formula is C11H14N4O. The molecule has 2 aromatic rings. The van der Waals surface area contributed by atoms with Gasteiger partial charge in [0.15, 0.2) is 0 Å². The van der Waals surface area contributed by atoms with Crippen molar-refractivity contribution < 1.29 is 4.74 Å². The van der Waals surface area contributed by atoms with Crippen molar-refractivity contribution in [1.82, 2.24) is 14.6 Å². The Hall–Kier alpha value is -1.62. The number of hydrogen-bond acceptors (Lipinski definition) is 4. The highest BCUT2D eigenvalue weighted by molar-refractivity contribution is 5.54. The third kappa shape index (κ3) is 1.53. The highest BCUT2D eigenvalue weighted by Gasteiger charge is 2.30. The molecule has 5 nitrogen and oxygen atoms in total. The smallest absolute Gasteiger partial charge is 0.240 e. The van der Waals surface area contributed by atoms with Gasteiger partial charge in [0.05, 0.1) is 6.20 Å². The zero-order valence-electron chi connectivity index (χ0n) is 8.91. The van der Waals surface area contributed by atoms with E-state index in [-0.39, 0.29) is 6.10 Å². The Balaban J connectivity index is 1.77. The Bertz CT molecular complexity index is 489. The Labute approximate surface area is 93.2 Å². The van der Waals surface area contributed by atoms with E-state index in [1.165, 1.54) is 0 Å². The van der Waals surface area contributed by atoms with Crippen molar-refractivity contribution in [3.63, 3.8) is 0 Å². The van der Waals surface area contributed by atoms with Crippen molar-refractivity contribution in [3.8, 4) is 5.88 Å². The van der Waals surface area contributed by atoms with E-state index in [4.69, 9.17) is 10.5 Å². The highest BCUT2D eigenvalue weighted by atomic mass is 16.5. The molecule has 0 saturated heterocycles. The number of fused-ring (bicyclic) bond motifs is 1. The quantitative estimate of drug-likeness (QED) is 0.829. The highest BCUT2D eigenvalue weighted by Crippen LogP contribution is 2.30. The van der Waals surface area contributed by atoms with Crippen molar-refractivity contribution in [3.05, 3.63) is 24.7 Å². The molecule has 1 fully saturated rings. The van der Waals surface area contributed by atoms with E-state index in [1.54, 1.807) is 16.9 Å². The standard InChI is InChI=1S/C11H14N4O/c12-7-8-5-9(6-8)16-11-10-1-2-14-15(10)4-3-13-11/h1-4,8-9H,5-7,12H2. The number of nitrogens with zero attached hydrogens (tertiary/aromatic N) is 3. The molecule has 1 saturated carbocycles. The van der Waals surface area contributed by atoms with Crippen LogP contribution in [0.4, 0.5) is 0 Å². The van der Waals surface area contributed by atoms with E-state index < -0.39 is 0 Å². The van der Waals surface area contributed by atoms with Gasteiger partial charge < -0.3 is 10.5 Å². The summed E-state index contributed by atoms with van der Waals surface area (Å²) in [5.74, 6) is 1.29. The minimum atomic E-state index is 0.266. The van der Waals surface area contributed by atoms with E-state index in [0.717, 1.165) is 24.9 Å². The van der Waals surface area contributed by atoms with Gasteiger partial charge in [-0.3, -0.25) is 0 Å². The average Bonchev–Trinajstić information content (AvgIpc) is 2.71. The third-order valence-corrected chi connectivity index (χ3v) is 3.09. The molecule has 2 aromatic heterocycles. The average molecular weight is 218 g/mol. The number of rotatable bonds is 3. The van der Waals surface area contributed by atoms with E-state index in [1.807, 2.05) is 12.3 Å². The Morgan fingerprint density at radius 3 is 3.12 bits per heavy atom. The summed E-state index contributed by atoms with van der Waals surface area (Å²) in [4.78, 5) is 4.24. The second kappa shape index (κ2) is 3.75. The van der Waals surface area contributed by atoms with E-state index in [0.29, 0.717) is 11.8 Å². The van der Waals surface area contributed by atoms with Crippen LogP contribution in [0.25, 0.3) is 5.52 Å². The molecule has 0 radical (unpaired) electrons. The van der Waals surface area contributed by atoms with Crippen LogP contribution in [0.15, 0.2) is 24.7 Å². The zero-order chi connectivity index (χ0) is 11.0. The first-order chi connectivity index (χ1) is 7.86. The predicted octanol–water partition coefficient (Wildman–Crippen LogP) is 0.845. The Kier molecular flexibility index (Phi) is 2.25. The van der Waals surface area contributed by atoms with Crippen LogP contribution in [-0.4, -0.2) is 27.2 Å². The molecule has 1 aliphatic carbocycles. The second-order valence-electron chi connectivity index (χ2n) is 4.21. The molecule has 1 aliphatic rings. The first-order valence-corrected chi connectivity index (χ1v) is 5.52. The molecule has 0 aliphatic heterocycles. The summed E-state index contributed by atoms with van der Waals surface area (Å²) in [6.07, 6.45) is 7.59. The lowest BCUT2D eigenvalue weighted by atomic mass is 9.82. The first kappa shape index (κ1) is 9.59. The predicted molar refractivity (Wildman–Crippen MR) is 59.2 cm³/mol. The van der Waals surface area contributed by atoms with Gasteiger partial charge in [-0.05, 0) is 31.4 Å². The van der Waals surface area contributed by atoms with Crippen LogP contribution in [0.5, 0.6) is 5.88 Å². The second-order valence-corrected chi connectivity index (χ2v) is 4.21. The number of nitrogens with two attached hydrogens (primary N) is 1. The fraction of sp³-hybridized carbons (Fsp3) is 0.455. The molecule has 0 amide bonds. The van der Waals surface area contributed by atoms with Gasteiger partial charge in [0.25, 0.3) is 0 Å². The lowest BCUT2D eigenvalue weighted by molar-refractivity contribution is 0.0660. The van der Waals surface area contributed by atoms with E-state index in [9.17, 15) is 0 Å². The summed E-state index contributed by atoms with van der Waals surface area (Å²) in [5.41, 5.74) is 6.49. The third-order valence-electron chi connectivity index (χ3n) is 3.09. The van der Waals surface area contributed by atoms with Crippen LogP contribution in [0.3, 0.4) is 0 Å². The Morgan fingerprint density at radius 2 is 2.31 bits per heavy atom. The molecule has 0 atom stereocenters. The molecule has 2 heterocycles. The fourth-order valence-electron chi connectivity index (χ4n) is 2.04. The number of ether oxygens (including phenoxy) is 1. The monoisotopic (exact) mass is 218 g/mol. The SMILES string of the molecule is NCC1CC(Oc2nccn3nccc23)C1. The number of hydrogen-bond donors (Lipinski definition) is 1. The van der Waals surface area contributed by atoms with Crippen LogP contribution < -0.4 is 10.5 Å². The molecule has 0 aromatic carbocycles. The zero-order valence-corrected chi connectivity index (χ0v) is 8.91. The van der Waals surface area contributed by atoms with Crippen molar-refractivity contribution in [2.24, 2.45) is 11.7 Å². The van der Waals surface area contributed by atoms with Crippen LogP contribution in [-0.2, 0) is 0 Å². The molecule has 0 spiro atoms. The molecular weight excluding hydrogens is 204 g/mol. The molecule has 16 heavy (non-hydrogen) atoms. The van der Waals surface area contributed by atoms with Gasteiger partial charge in [0, 0.05) is 12.4 Å². The van der Waals surface area contributed by atoms with Gasteiger partial charge >= 0.3 is 0 Å². The van der Waals surface area contributed by atoms with Gasteiger partial charge in [0.2, 0.25) is 5.88 Å². The summed E-state index contributed by atoms with van der Waals surface area (Å²) >= 11 is 0. The van der Waals surface area contributed by atoms with Crippen LogP contribution in [0.2, 0.25) is 0 Å². The first-order valence-electron chi connectivity index (χ1n) is 5.52. The van der Waals surface area contributed by atoms with Gasteiger partial charge in [-0.15, -0.1) is 0 Å². The molecule has 5 heteroatoms. The largest absolute Gasteiger partial charge is 0.473 e. The summed E-state index contributed by atoms with van der Waals surface area (Å²) in [6, 6.07) is 1.90. The maximum absolute atomic E-state index is 5.83. The minimum absolute atomic E-state index is 0.266. The molecule has 0 bridgehead atoms. The topological polar surface area (TPSA) is 65.4 Å². The molecule has 84 valence electrons. The summed E-state index contributed by atoms with van der Waals surface area (Å²) in [6.45, 7) is 0.754. The molecule has 0 unspecified atom stereocenters. The maximum atomic E-state index is 5.83. The van der Waals surface area contributed by atoms with Crippen LogP contribution in [0.1, 0.15) is 12.8 Å². The van der Waals surface area contributed by atoms with Crippen molar-refractivity contribution in [1.29, 1.82) is 0 Å². The summed E-state index contributed by atoms with van der Waals surface area (Å²) in [7, 11) is 0. The van der Waals surface area contributed by atoms with E-state index in [2.05, 4.69) is 10.1 Å². The van der Waals surface area contributed by atoms with Crippen molar-refractivity contribution >= 4 is 5.52 Å². The van der Waals surface area contributed by atoms with Gasteiger partial charge in [-0.25, -0.2) is 9.50 Å². The lowest BCUT2D eigenvalue weighted by Gasteiger charge is -2.34. The fourth-order valence-corrected chi connectivity index (χ4v) is 2.04. The summed E-state index contributed by atoms with van der Waals surface area (Å²) in [5, 5.41) is 4.14. The maximum Gasteiger partial charge on any atom is 0.240 e. The molecule has 3 rings (SSSR count). The van der Waals surface area contributed by atoms with Crippen LogP contribution >= 0.6 is 0 Å². The van der Waals surface area contributed by atoms with Gasteiger partial charge in [-0.1, -0.05) is 0 Å². The normalized spacial score (nSPS) is 24.3. The minimum Gasteiger partial charge on any atom is -0.473 e. The van der Waals surface area contributed by atoms with Crippen LogP contribution in [0, 0.1) is 5.92 Å². The van der Waals surface area contributed by atoms with Gasteiger partial charge in [0.1, 0.15) is 11.6 Å².